The van der Waals surface area contributed by atoms with Gasteiger partial charge in [0.15, 0.2) is 11.6 Å². The number of nitrogens with two attached hydrogens (primary N) is 1. The Labute approximate surface area is 129 Å². The van der Waals surface area contributed by atoms with Crippen molar-refractivity contribution in [2.75, 3.05) is 22.9 Å². The smallest absolute Gasteiger partial charge is 0.159 e. The van der Waals surface area contributed by atoms with Crippen LogP contribution in [0.25, 0.3) is 0 Å². The van der Waals surface area contributed by atoms with E-state index < -0.39 is 0 Å². The van der Waals surface area contributed by atoms with Crippen LogP contribution in [0.5, 0.6) is 0 Å². The third kappa shape index (κ3) is 3.76. The maximum Gasteiger partial charge on any atom is 0.159 e. The number of anilines is 4. The number of aromatic nitrogens is 2. The van der Waals surface area contributed by atoms with Crippen molar-refractivity contribution < 1.29 is 0 Å². The van der Waals surface area contributed by atoms with Gasteiger partial charge in [0, 0.05) is 17.3 Å². The molecule has 0 aliphatic carbocycles. The van der Waals surface area contributed by atoms with Gasteiger partial charge in [0.1, 0.15) is 12.0 Å². The van der Waals surface area contributed by atoms with Crippen LogP contribution in [0.4, 0.5) is 23.0 Å². The van der Waals surface area contributed by atoms with Gasteiger partial charge in [-0.2, -0.15) is 0 Å². The van der Waals surface area contributed by atoms with Crippen LogP contribution in [-0.2, 0) is 0 Å². The summed E-state index contributed by atoms with van der Waals surface area (Å²) in [6, 6.07) is 5.67. The Morgan fingerprint density at radius 3 is 2.76 bits per heavy atom. The second-order valence-corrected chi connectivity index (χ2v) is 5.21. The number of hydrogen-bond donors (Lipinski definition) is 3. The van der Waals surface area contributed by atoms with Gasteiger partial charge in [0.05, 0.1) is 0 Å². The van der Waals surface area contributed by atoms with E-state index in [0.29, 0.717) is 22.3 Å². The van der Waals surface area contributed by atoms with Crippen LogP contribution in [0, 0.1) is 6.92 Å². The van der Waals surface area contributed by atoms with Gasteiger partial charge in [-0.3, -0.25) is 0 Å². The molecule has 6 heteroatoms. The number of nitrogen functional groups attached to an aromatic ring is 1. The number of hydrogen-bond acceptors (Lipinski definition) is 5. The molecule has 0 saturated carbocycles. The number of nitrogens with zero attached hydrogens (tertiary/aromatic N) is 2. The molecule has 0 aliphatic rings. The van der Waals surface area contributed by atoms with Gasteiger partial charge in [0.25, 0.3) is 0 Å². The summed E-state index contributed by atoms with van der Waals surface area (Å²) >= 11 is 6.12. The monoisotopic (exact) mass is 305 g/mol. The van der Waals surface area contributed by atoms with Crippen LogP contribution >= 0.6 is 11.6 Å². The van der Waals surface area contributed by atoms with Crippen LogP contribution in [-0.4, -0.2) is 16.5 Å². The lowest BCUT2D eigenvalue weighted by atomic mass is 10.2. The van der Waals surface area contributed by atoms with Gasteiger partial charge in [-0.1, -0.05) is 31.0 Å². The second kappa shape index (κ2) is 7.13. The zero-order valence-electron chi connectivity index (χ0n) is 12.3. The summed E-state index contributed by atoms with van der Waals surface area (Å²) < 4.78 is 0. The molecule has 4 N–H and O–H groups in total. The Balaban J connectivity index is 2.20. The normalized spacial score (nSPS) is 10.4. The maximum absolute atomic E-state index is 6.12. The van der Waals surface area contributed by atoms with Gasteiger partial charge in [0.2, 0.25) is 0 Å². The van der Waals surface area contributed by atoms with Crippen molar-refractivity contribution in [3.05, 3.63) is 35.1 Å². The summed E-state index contributed by atoms with van der Waals surface area (Å²) in [5.41, 5.74) is 8.46. The highest BCUT2D eigenvalue weighted by atomic mass is 35.5. The Hall–Kier alpha value is -2.01. The minimum absolute atomic E-state index is 0.507. The molecule has 0 aliphatic heterocycles. The van der Waals surface area contributed by atoms with Crippen molar-refractivity contribution in [2.24, 2.45) is 0 Å². The Bertz CT molecular complexity index is 615. The molecule has 21 heavy (non-hydrogen) atoms. The zero-order valence-corrected chi connectivity index (χ0v) is 13.0. The van der Waals surface area contributed by atoms with E-state index in [9.17, 15) is 0 Å². The summed E-state index contributed by atoms with van der Waals surface area (Å²) in [6.45, 7) is 4.93. The van der Waals surface area contributed by atoms with Gasteiger partial charge >= 0.3 is 0 Å². The molecule has 1 aromatic heterocycles. The SMILES string of the molecule is CCCCNc1ncnc(Nc2cccc(Cl)c2C)c1N. The molecule has 2 aromatic rings. The molecule has 2 rings (SSSR count). The first-order chi connectivity index (χ1) is 10.1. The van der Waals surface area contributed by atoms with E-state index in [-0.39, 0.29) is 0 Å². The first-order valence-electron chi connectivity index (χ1n) is 7.00. The molecule has 1 heterocycles. The third-order valence-corrected chi connectivity index (χ3v) is 3.64. The van der Waals surface area contributed by atoms with Crippen LogP contribution in [0.15, 0.2) is 24.5 Å². The molecule has 0 radical (unpaired) electrons. The van der Waals surface area contributed by atoms with E-state index in [1.165, 1.54) is 6.33 Å². The molecule has 0 fully saturated rings. The molecule has 0 amide bonds. The molecule has 0 atom stereocenters. The largest absolute Gasteiger partial charge is 0.393 e. The Morgan fingerprint density at radius 1 is 1.24 bits per heavy atom. The minimum Gasteiger partial charge on any atom is -0.393 e. The standard InChI is InChI=1S/C15H20ClN5/c1-3-4-8-18-14-13(17)15(20-9-19-14)21-12-7-5-6-11(16)10(12)2/h5-7,9H,3-4,8,17H2,1-2H3,(H2,18,19,20,21). The lowest BCUT2D eigenvalue weighted by Gasteiger charge is -2.14. The predicted octanol–water partition coefficient (Wildman–Crippen LogP) is 3.98. The fourth-order valence-electron chi connectivity index (χ4n) is 1.89. The van der Waals surface area contributed by atoms with Crippen LogP contribution in [0.2, 0.25) is 5.02 Å². The van der Waals surface area contributed by atoms with Gasteiger partial charge in [-0.25, -0.2) is 9.97 Å². The van der Waals surface area contributed by atoms with Crippen molar-refractivity contribution in [3.63, 3.8) is 0 Å². The molecule has 0 bridgehead atoms. The second-order valence-electron chi connectivity index (χ2n) is 4.80. The van der Waals surface area contributed by atoms with Crippen molar-refractivity contribution >= 4 is 34.6 Å². The Kier molecular flexibility index (Phi) is 5.22. The van der Waals surface area contributed by atoms with E-state index in [4.69, 9.17) is 17.3 Å². The summed E-state index contributed by atoms with van der Waals surface area (Å²) in [5.74, 6) is 1.23. The molecule has 0 unspecified atom stereocenters. The average molecular weight is 306 g/mol. The minimum atomic E-state index is 0.507. The van der Waals surface area contributed by atoms with Crippen molar-refractivity contribution in [2.45, 2.75) is 26.7 Å². The molecule has 0 saturated heterocycles. The van der Waals surface area contributed by atoms with E-state index in [1.54, 1.807) is 0 Å². The van der Waals surface area contributed by atoms with Gasteiger partial charge in [-0.15, -0.1) is 0 Å². The topological polar surface area (TPSA) is 75.9 Å². The quantitative estimate of drug-likeness (QED) is 0.704. The highest BCUT2D eigenvalue weighted by Gasteiger charge is 2.09. The number of halogens is 1. The van der Waals surface area contributed by atoms with Crippen LogP contribution in [0.1, 0.15) is 25.3 Å². The van der Waals surface area contributed by atoms with Crippen molar-refractivity contribution in [1.82, 2.24) is 9.97 Å². The first-order valence-corrected chi connectivity index (χ1v) is 7.37. The van der Waals surface area contributed by atoms with E-state index >= 15 is 0 Å². The number of nitrogens with one attached hydrogen (secondary N) is 2. The molecular weight excluding hydrogens is 286 g/mol. The molecule has 0 spiro atoms. The predicted molar refractivity (Wildman–Crippen MR) is 89.3 cm³/mol. The van der Waals surface area contributed by atoms with Crippen LogP contribution < -0.4 is 16.4 Å². The Morgan fingerprint density at radius 2 is 2.00 bits per heavy atom. The van der Waals surface area contributed by atoms with Crippen LogP contribution in [0.3, 0.4) is 0 Å². The molecular formula is C15H20ClN5. The molecule has 112 valence electrons. The van der Waals surface area contributed by atoms with Crippen molar-refractivity contribution in [3.8, 4) is 0 Å². The zero-order chi connectivity index (χ0) is 15.2. The lowest BCUT2D eigenvalue weighted by Crippen LogP contribution is -2.09. The fourth-order valence-corrected chi connectivity index (χ4v) is 2.06. The van der Waals surface area contributed by atoms with E-state index in [1.807, 2.05) is 25.1 Å². The van der Waals surface area contributed by atoms with Gasteiger partial charge in [-0.05, 0) is 31.0 Å². The summed E-state index contributed by atoms with van der Waals surface area (Å²) in [5, 5.41) is 7.14. The summed E-state index contributed by atoms with van der Waals surface area (Å²) in [4.78, 5) is 8.38. The van der Waals surface area contributed by atoms with Crippen molar-refractivity contribution in [1.29, 1.82) is 0 Å². The third-order valence-electron chi connectivity index (χ3n) is 3.23. The molecule has 5 nitrogen and oxygen atoms in total. The van der Waals surface area contributed by atoms with Gasteiger partial charge < -0.3 is 16.4 Å². The average Bonchev–Trinajstić information content (AvgIpc) is 2.48. The highest BCUT2D eigenvalue weighted by Crippen LogP contribution is 2.29. The summed E-state index contributed by atoms with van der Waals surface area (Å²) in [6.07, 6.45) is 3.68. The maximum atomic E-state index is 6.12. The molecule has 1 aromatic carbocycles. The van der Waals surface area contributed by atoms with E-state index in [0.717, 1.165) is 30.6 Å². The van der Waals surface area contributed by atoms with E-state index in [2.05, 4.69) is 27.5 Å². The summed E-state index contributed by atoms with van der Waals surface area (Å²) in [7, 11) is 0. The first kappa shape index (κ1) is 15.4. The highest BCUT2D eigenvalue weighted by molar-refractivity contribution is 6.31. The fraction of sp³-hybridized carbons (Fsp3) is 0.333. The number of rotatable bonds is 6. The number of unbranched alkanes of at least 4 members (excludes halogenated alkanes) is 1. The number of benzene rings is 1. The lowest BCUT2D eigenvalue weighted by molar-refractivity contribution is 0.831.